The highest BCUT2D eigenvalue weighted by atomic mass is 32.1. The lowest BCUT2D eigenvalue weighted by Crippen LogP contribution is -2.35. The van der Waals surface area contributed by atoms with Gasteiger partial charge in [0.15, 0.2) is 0 Å². The summed E-state index contributed by atoms with van der Waals surface area (Å²) in [6, 6.07) is 4.46. The van der Waals surface area contributed by atoms with Crippen LogP contribution in [0.15, 0.2) is 24.5 Å². The van der Waals surface area contributed by atoms with Crippen LogP contribution in [0.4, 0.5) is 0 Å². The molecule has 0 amide bonds. The van der Waals surface area contributed by atoms with Gasteiger partial charge in [-0.1, -0.05) is 18.3 Å². The van der Waals surface area contributed by atoms with Crippen molar-refractivity contribution in [1.29, 1.82) is 0 Å². The van der Waals surface area contributed by atoms with Crippen LogP contribution in [0.3, 0.4) is 0 Å². The van der Waals surface area contributed by atoms with Gasteiger partial charge in [-0.25, -0.2) is 0 Å². The van der Waals surface area contributed by atoms with E-state index >= 15 is 0 Å². The zero-order chi connectivity index (χ0) is 10.7. The number of piperidine rings is 1. The van der Waals surface area contributed by atoms with Gasteiger partial charge in [0.05, 0.1) is 6.04 Å². The van der Waals surface area contributed by atoms with Gasteiger partial charge in [0.25, 0.3) is 0 Å². The molecule has 2 nitrogen and oxygen atoms in total. The predicted octanol–water partition coefficient (Wildman–Crippen LogP) is 2.82. The van der Waals surface area contributed by atoms with E-state index in [1.807, 2.05) is 12.3 Å². The number of pyridine rings is 1. The Morgan fingerprint density at radius 3 is 3.07 bits per heavy atom. The average molecular weight is 238 g/mol. The van der Waals surface area contributed by atoms with Crippen molar-refractivity contribution in [2.24, 2.45) is 0 Å². The molecule has 0 bridgehead atoms. The van der Waals surface area contributed by atoms with E-state index in [1.54, 1.807) is 6.20 Å². The summed E-state index contributed by atoms with van der Waals surface area (Å²) in [5.41, 5.74) is 1.24. The Kier molecular flexibility index (Phi) is 3.59. The van der Waals surface area contributed by atoms with E-state index < -0.39 is 0 Å². The Bertz CT molecular complexity index is 340. The summed E-state index contributed by atoms with van der Waals surface area (Å²) in [6.07, 6.45) is 7.33. The van der Waals surface area contributed by atoms with Crippen LogP contribution in [-0.2, 0) is 0 Å². The Balaban J connectivity index is 2.22. The molecular formula is C11H14N2S2. The van der Waals surface area contributed by atoms with Crippen LogP contribution in [0.5, 0.6) is 0 Å². The molecule has 0 saturated carbocycles. The molecule has 1 aromatic heterocycles. The molecular weight excluding hydrogens is 224 g/mol. The topological polar surface area (TPSA) is 16.1 Å². The van der Waals surface area contributed by atoms with E-state index in [4.69, 9.17) is 12.2 Å². The van der Waals surface area contributed by atoms with Crippen LogP contribution in [-0.4, -0.2) is 20.7 Å². The summed E-state index contributed by atoms with van der Waals surface area (Å²) in [5.74, 6) is 0. The van der Waals surface area contributed by atoms with E-state index in [9.17, 15) is 0 Å². The van der Waals surface area contributed by atoms with Gasteiger partial charge in [0.1, 0.15) is 4.32 Å². The first-order chi connectivity index (χ1) is 7.29. The Morgan fingerprint density at radius 1 is 1.53 bits per heavy atom. The van der Waals surface area contributed by atoms with Crippen LogP contribution in [0.25, 0.3) is 0 Å². The van der Waals surface area contributed by atoms with Crippen molar-refractivity contribution < 1.29 is 0 Å². The molecule has 1 aliphatic rings. The minimum Gasteiger partial charge on any atom is -0.351 e. The van der Waals surface area contributed by atoms with Crippen molar-refractivity contribution in [2.45, 2.75) is 25.3 Å². The minimum atomic E-state index is 0.373. The number of rotatable bonds is 1. The fourth-order valence-electron chi connectivity index (χ4n) is 2.08. The van der Waals surface area contributed by atoms with Gasteiger partial charge in [-0.15, -0.1) is 12.6 Å². The summed E-state index contributed by atoms with van der Waals surface area (Å²) in [4.78, 5) is 6.35. The van der Waals surface area contributed by atoms with Gasteiger partial charge < -0.3 is 4.90 Å². The molecule has 80 valence electrons. The molecule has 0 radical (unpaired) electrons. The third-order valence-corrected chi connectivity index (χ3v) is 3.31. The molecule has 4 heteroatoms. The Morgan fingerprint density at radius 2 is 2.40 bits per heavy atom. The summed E-state index contributed by atoms with van der Waals surface area (Å²) in [6.45, 7) is 1.02. The third-order valence-electron chi connectivity index (χ3n) is 2.82. The maximum Gasteiger partial charge on any atom is 0.133 e. The first-order valence-electron chi connectivity index (χ1n) is 5.18. The third kappa shape index (κ3) is 2.49. The smallest absolute Gasteiger partial charge is 0.133 e. The largest absolute Gasteiger partial charge is 0.351 e. The average Bonchev–Trinajstić information content (AvgIpc) is 2.30. The highest BCUT2D eigenvalue weighted by Gasteiger charge is 2.24. The van der Waals surface area contributed by atoms with Crippen molar-refractivity contribution >= 4 is 29.2 Å². The molecule has 0 aromatic carbocycles. The number of likely N-dealkylation sites (tertiary alicyclic amines) is 1. The monoisotopic (exact) mass is 238 g/mol. The quantitative estimate of drug-likeness (QED) is 0.598. The number of thiocarbonyl (C=S) groups is 1. The van der Waals surface area contributed by atoms with E-state index in [1.165, 1.54) is 18.4 Å². The highest BCUT2D eigenvalue weighted by molar-refractivity contribution is 8.10. The fraction of sp³-hybridized carbons (Fsp3) is 0.455. The predicted molar refractivity (Wildman–Crippen MR) is 69.1 cm³/mol. The molecule has 2 heterocycles. The molecule has 1 fully saturated rings. The zero-order valence-electron chi connectivity index (χ0n) is 8.47. The Labute approximate surface area is 101 Å². The first kappa shape index (κ1) is 10.9. The lowest BCUT2D eigenvalue weighted by molar-refractivity contribution is 0.253. The summed E-state index contributed by atoms with van der Waals surface area (Å²) in [7, 11) is 0. The SMILES string of the molecule is S=C(S)N1CCCCC1c1cccnc1. The molecule has 0 aliphatic carbocycles. The second-order valence-corrected chi connectivity index (χ2v) is 4.89. The molecule has 0 spiro atoms. The highest BCUT2D eigenvalue weighted by Crippen LogP contribution is 2.31. The maximum atomic E-state index is 5.16. The molecule has 1 aliphatic heterocycles. The molecule has 15 heavy (non-hydrogen) atoms. The number of thiol groups is 1. The standard InChI is InChI=1S/C11H14N2S2/c14-11(15)13-7-2-1-5-10(13)9-4-3-6-12-8-9/h3-4,6,8,10H,1-2,5,7H2,(H,14,15). The molecule has 2 rings (SSSR count). The van der Waals surface area contributed by atoms with Crippen molar-refractivity contribution in [3.8, 4) is 0 Å². The molecule has 0 N–H and O–H groups in total. The van der Waals surface area contributed by atoms with Gasteiger partial charge in [-0.2, -0.15) is 0 Å². The second kappa shape index (κ2) is 4.94. The van der Waals surface area contributed by atoms with Crippen molar-refractivity contribution in [3.05, 3.63) is 30.1 Å². The van der Waals surface area contributed by atoms with Gasteiger partial charge >= 0.3 is 0 Å². The van der Waals surface area contributed by atoms with Crippen LogP contribution in [0.1, 0.15) is 30.9 Å². The molecule has 1 unspecified atom stereocenters. The van der Waals surface area contributed by atoms with Crippen molar-refractivity contribution in [1.82, 2.24) is 9.88 Å². The van der Waals surface area contributed by atoms with E-state index in [0.29, 0.717) is 10.4 Å². The number of hydrogen-bond acceptors (Lipinski definition) is 2. The van der Waals surface area contributed by atoms with Crippen LogP contribution in [0, 0.1) is 0 Å². The van der Waals surface area contributed by atoms with Gasteiger partial charge in [-0.05, 0) is 30.9 Å². The lowest BCUT2D eigenvalue weighted by atomic mass is 9.97. The van der Waals surface area contributed by atoms with Gasteiger partial charge in [0.2, 0.25) is 0 Å². The van der Waals surface area contributed by atoms with Crippen LogP contribution < -0.4 is 0 Å². The number of hydrogen-bond donors (Lipinski definition) is 1. The fourth-order valence-corrected chi connectivity index (χ4v) is 2.54. The van der Waals surface area contributed by atoms with Gasteiger partial charge in [-0.3, -0.25) is 4.98 Å². The minimum absolute atomic E-state index is 0.373. The van der Waals surface area contributed by atoms with E-state index in [2.05, 4.69) is 28.6 Å². The summed E-state index contributed by atoms with van der Waals surface area (Å²) in [5, 5.41) is 0. The lowest BCUT2D eigenvalue weighted by Gasteiger charge is -2.36. The van der Waals surface area contributed by atoms with E-state index in [0.717, 1.165) is 13.0 Å². The summed E-state index contributed by atoms with van der Waals surface area (Å²) < 4.78 is 0.698. The molecule has 1 aromatic rings. The summed E-state index contributed by atoms with van der Waals surface area (Å²) >= 11 is 9.45. The van der Waals surface area contributed by atoms with Crippen LogP contribution >= 0.6 is 24.8 Å². The molecule has 1 atom stereocenters. The van der Waals surface area contributed by atoms with Crippen molar-refractivity contribution in [3.63, 3.8) is 0 Å². The number of nitrogens with zero attached hydrogens (tertiary/aromatic N) is 2. The van der Waals surface area contributed by atoms with Crippen molar-refractivity contribution in [2.75, 3.05) is 6.54 Å². The van der Waals surface area contributed by atoms with Gasteiger partial charge in [0, 0.05) is 18.9 Å². The Hall–Kier alpha value is -0.610. The molecule has 1 saturated heterocycles. The normalized spacial score (nSPS) is 21.4. The number of aromatic nitrogens is 1. The van der Waals surface area contributed by atoms with E-state index in [-0.39, 0.29) is 0 Å². The first-order valence-corrected chi connectivity index (χ1v) is 6.04. The maximum absolute atomic E-state index is 5.16. The second-order valence-electron chi connectivity index (χ2n) is 3.77. The zero-order valence-corrected chi connectivity index (χ0v) is 10.2. The van der Waals surface area contributed by atoms with Crippen LogP contribution in [0.2, 0.25) is 0 Å².